The van der Waals surface area contributed by atoms with Crippen molar-refractivity contribution in [1.29, 1.82) is 0 Å². The van der Waals surface area contributed by atoms with E-state index in [0.29, 0.717) is 12.8 Å². The molecular formula is C48H78NO8P. The minimum atomic E-state index is -4.40. The molecule has 0 radical (unpaired) electrons. The van der Waals surface area contributed by atoms with E-state index in [1.165, 1.54) is 6.42 Å². The zero-order chi connectivity index (χ0) is 42.5. The van der Waals surface area contributed by atoms with Crippen molar-refractivity contribution in [3.8, 4) is 0 Å². The largest absolute Gasteiger partial charge is 0.472 e. The second-order valence-electron chi connectivity index (χ2n) is 13.8. The van der Waals surface area contributed by atoms with Crippen molar-refractivity contribution in [2.24, 2.45) is 5.73 Å². The van der Waals surface area contributed by atoms with Gasteiger partial charge in [0.25, 0.3) is 0 Å². The normalized spacial score (nSPS) is 14.3. The molecule has 0 fully saturated rings. The van der Waals surface area contributed by atoms with Crippen LogP contribution in [0.5, 0.6) is 0 Å². The number of hydrogen-bond donors (Lipinski definition) is 2. The highest BCUT2D eigenvalue weighted by molar-refractivity contribution is 7.47. The Balaban J connectivity index is 4.23. The first kappa shape index (κ1) is 54.7. The third-order valence-electron chi connectivity index (χ3n) is 8.37. The van der Waals surface area contributed by atoms with Gasteiger partial charge in [0.05, 0.1) is 13.2 Å². The molecule has 0 amide bonds. The molecule has 58 heavy (non-hydrogen) atoms. The number of carbonyl (C=O) groups is 2. The summed E-state index contributed by atoms with van der Waals surface area (Å²) in [6.07, 6.45) is 57.1. The Bertz CT molecular complexity index is 1310. The molecule has 0 aliphatic carbocycles. The Hall–Kier alpha value is -3.33. The SMILES string of the molecule is CC/C=C\C/C=C\C/C=C\C/C=C\C/C=C\C/C=C\C/C=C\C/C=C\CCCCC(=O)OC(COC(=O)CCCCCCC/C=C\CCC)COP(=O)(O)OCCN. The third kappa shape index (κ3) is 42.3. The highest BCUT2D eigenvalue weighted by atomic mass is 31.2. The molecule has 0 heterocycles. The lowest BCUT2D eigenvalue weighted by Crippen LogP contribution is -2.29. The van der Waals surface area contributed by atoms with Crippen LogP contribution in [0, 0.1) is 0 Å². The van der Waals surface area contributed by atoms with Crippen LogP contribution in [0.25, 0.3) is 0 Å². The van der Waals surface area contributed by atoms with Gasteiger partial charge in [-0.25, -0.2) is 4.57 Å². The van der Waals surface area contributed by atoms with Gasteiger partial charge in [0, 0.05) is 19.4 Å². The maximum atomic E-state index is 12.6. The Labute approximate surface area is 352 Å². The summed E-state index contributed by atoms with van der Waals surface area (Å²) in [6, 6.07) is 0. The van der Waals surface area contributed by atoms with Gasteiger partial charge in [-0.15, -0.1) is 0 Å². The number of ether oxygens (including phenoxy) is 2. The molecule has 0 spiro atoms. The van der Waals surface area contributed by atoms with Crippen LogP contribution in [-0.2, 0) is 32.7 Å². The van der Waals surface area contributed by atoms with Gasteiger partial charge in [-0.2, -0.15) is 0 Å². The minimum absolute atomic E-state index is 0.0386. The molecule has 0 rings (SSSR count). The lowest BCUT2D eigenvalue weighted by Gasteiger charge is -2.19. The van der Waals surface area contributed by atoms with Crippen molar-refractivity contribution in [2.75, 3.05) is 26.4 Å². The highest BCUT2D eigenvalue weighted by Gasteiger charge is 2.25. The standard InChI is InChI=1S/C48H78NO8P/c1-3-5-7-9-11-13-15-16-17-18-19-20-21-22-23-24-25-26-27-28-29-30-31-33-35-37-39-41-48(51)57-46(45-56-58(52,53)55-43-42-49)44-54-47(50)40-38-36-34-32-14-12-10-8-6-4-2/h5,7-8,10-11,13,16-17,19-20,22-23,25-26,28-29,31,33,46H,3-4,6,9,12,14-15,18,21,24,27,30,32,34-45,49H2,1-2H3,(H,52,53)/b7-5-,10-8-,13-11-,17-16-,20-19-,23-22-,26-25-,29-28-,33-31-. The summed E-state index contributed by atoms with van der Waals surface area (Å²) in [4.78, 5) is 34.8. The number of rotatable bonds is 39. The highest BCUT2D eigenvalue weighted by Crippen LogP contribution is 2.43. The summed E-state index contributed by atoms with van der Waals surface area (Å²) in [5, 5.41) is 0. The Morgan fingerprint density at radius 2 is 0.948 bits per heavy atom. The van der Waals surface area contributed by atoms with Gasteiger partial charge in [0.2, 0.25) is 0 Å². The van der Waals surface area contributed by atoms with Crippen molar-refractivity contribution >= 4 is 19.8 Å². The van der Waals surface area contributed by atoms with Gasteiger partial charge in [0.1, 0.15) is 6.61 Å². The quantitative estimate of drug-likeness (QED) is 0.0269. The molecule has 0 aromatic heterocycles. The molecule has 0 bridgehead atoms. The summed E-state index contributed by atoms with van der Waals surface area (Å²) in [5.74, 6) is -0.906. The van der Waals surface area contributed by atoms with Gasteiger partial charge < -0.3 is 20.1 Å². The number of carbonyl (C=O) groups excluding carboxylic acids is 2. The molecule has 9 nitrogen and oxygen atoms in total. The van der Waals surface area contributed by atoms with Gasteiger partial charge in [-0.05, 0) is 96.3 Å². The van der Waals surface area contributed by atoms with Crippen LogP contribution in [-0.4, -0.2) is 49.3 Å². The molecule has 10 heteroatoms. The number of esters is 2. The van der Waals surface area contributed by atoms with E-state index in [9.17, 15) is 19.0 Å². The van der Waals surface area contributed by atoms with Crippen LogP contribution in [0.2, 0.25) is 0 Å². The molecule has 3 N–H and O–H groups in total. The van der Waals surface area contributed by atoms with E-state index in [1.807, 2.05) is 0 Å². The lowest BCUT2D eigenvalue weighted by molar-refractivity contribution is -0.161. The fourth-order valence-electron chi connectivity index (χ4n) is 5.18. The summed E-state index contributed by atoms with van der Waals surface area (Å²) >= 11 is 0. The molecule has 0 aromatic rings. The molecule has 0 saturated carbocycles. The summed E-state index contributed by atoms with van der Waals surface area (Å²) in [6.45, 7) is 3.45. The Morgan fingerprint density at radius 1 is 0.534 bits per heavy atom. The average Bonchev–Trinajstić information content (AvgIpc) is 3.21. The van der Waals surface area contributed by atoms with Crippen molar-refractivity contribution in [2.45, 2.75) is 155 Å². The number of hydrogen-bond acceptors (Lipinski definition) is 8. The number of allylic oxidation sites excluding steroid dienone is 18. The Kier molecular flexibility index (Phi) is 40.8. The summed E-state index contributed by atoms with van der Waals surface area (Å²) in [7, 11) is -4.40. The predicted molar refractivity (Wildman–Crippen MR) is 242 cm³/mol. The zero-order valence-corrected chi connectivity index (χ0v) is 36.9. The van der Waals surface area contributed by atoms with Gasteiger partial charge in [-0.1, -0.05) is 149 Å². The van der Waals surface area contributed by atoms with E-state index >= 15 is 0 Å². The smallest absolute Gasteiger partial charge is 0.462 e. The fraction of sp³-hybridized carbons (Fsp3) is 0.583. The molecule has 2 atom stereocenters. The van der Waals surface area contributed by atoms with Gasteiger partial charge >= 0.3 is 19.8 Å². The van der Waals surface area contributed by atoms with Crippen LogP contribution in [0.3, 0.4) is 0 Å². The molecule has 0 saturated heterocycles. The van der Waals surface area contributed by atoms with Gasteiger partial charge in [-0.3, -0.25) is 18.6 Å². The number of nitrogens with two attached hydrogens (primary N) is 1. The second kappa shape index (κ2) is 43.3. The third-order valence-corrected chi connectivity index (χ3v) is 9.36. The average molecular weight is 828 g/mol. The molecule has 0 aliphatic heterocycles. The van der Waals surface area contributed by atoms with Crippen LogP contribution >= 0.6 is 7.82 Å². The predicted octanol–water partition coefficient (Wildman–Crippen LogP) is 12.8. The number of phosphoric ester groups is 1. The zero-order valence-electron chi connectivity index (χ0n) is 36.0. The maximum Gasteiger partial charge on any atom is 0.472 e. The minimum Gasteiger partial charge on any atom is -0.462 e. The molecule has 2 unspecified atom stereocenters. The first-order chi connectivity index (χ1) is 28.3. The molecule has 328 valence electrons. The maximum absolute atomic E-state index is 12.6. The molecule has 0 aliphatic rings. The van der Waals surface area contributed by atoms with Crippen molar-refractivity contribution in [3.63, 3.8) is 0 Å². The first-order valence-corrected chi connectivity index (χ1v) is 23.4. The van der Waals surface area contributed by atoms with Gasteiger partial charge in [0.15, 0.2) is 6.10 Å². The van der Waals surface area contributed by atoms with E-state index in [1.54, 1.807) is 0 Å². The van der Waals surface area contributed by atoms with Crippen LogP contribution in [0.1, 0.15) is 149 Å². The number of unbranched alkanes of at least 4 members (excludes halogenated alkanes) is 8. The molecular weight excluding hydrogens is 750 g/mol. The molecule has 0 aromatic carbocycles. The van der Waals surface area contributed by atoms with E-state index in [2.05, 4.69) is 123 Å². The van der Waals surface area contributed by atoms with E-state index in [0.717, 1.165) is 103 Å². The van der Waals surface area contributed by atoms with Crippen molar-refractivity contribution in [3.05, 3.63) is 109 Å². The van der Waals surface area contributed by atoms with Crippen LogP contribution < -0.4 is 5.73 Å². The monoisotopic (exact) mass is 828 g/mol. The lowest BCUT2D eigenvalue weighted by atomic mass is 10.1. The Morgan fingerprint density at radius 3 is 1.47 bits per heavy atom. The summed E-state index contributed by atoms with van der Waals surface area (Å²) < 4.78 is 32.6. The number of phosphoric acid groups is 1. The van der Waals surface area contributed by atoms with E-state index in [-0.39, 0.29) is 32.6 Å². The fourth-order valence-corrected chi connectivity index (χ4v) is 5.94. The van der Waals surface area contributed by atoms with Crippen LogP contribution in [0.15, 0.2) is 109 Å². The topological polar surface area (TPSA) is 134 Å². The summed E-state index contributed by atoms with van der Waals surface area (Å²) in [5.41, 5.74) is 5.34. The van der Waals surface area contributed by atoms with E-state index in [4.69, 9.17) is 24.3 Å². The van der Waals surface area contributed by atoms with Crippen molar-refractivity contribution in [1.82, 2.24) is 0 Å². The van der Waals surface area contributed by atoms with E-state index < -0.39 is 32.5 Å². The first-order valence-electron chi connectivity index (χ1n) is 21.9. The van der Waals surface area contributed by atoms with Crippen LogP contribution in [0.4, 0.5) is 0 Å². The van der Waals surface area contributed by atoms with Crippen molar-refractivity contribution < 1.29 is 37.6 Å². The second-order valence-corrected chi connectivity index (χ2v) is 15.3.